The second-order valence-electron chi connectivity index (χ2n) is 5.85. The molecule has 3 rings (SSSR count). The van der Waals surface area contributed by atoms with Crippen LogP contribution in [0, 0.1) is 18.3 Å². The molecule has 0 radical (unpaired) electrons. The first kappa shape index (κ1) is 17.6. The van der Waals surface area contributed by atoms with Gasteiger partial charge in [0.2, 0.25) is 0 Å². The number of aromatic nitrogens is 1. The number of Topliss-reactive ketones (excluding diaryl/α,β-unsaturated/α-hetero) is 1. The van der Waals surface area contributed by atoms with Crippen molar-refractivity contribution in [3.8, 4) is 17.3 Å². The van der Waals surface area contributed by atoms with Gasteiger partial charge < -0.3 is 5.32 Å². The zero-order chi connectivity index (χ0) is 18.5. The number of carbonyl (C=O) groups is 1. The molecule has 4 nitrogen and oxygen atoms in total. The molecular weight excluding hydrogens is 342 g/mol. The largest absolute Gasteiger partial charge is 0.360 e. The fourth-order valence-corrected chi connectivity index (χ4v) is 3.15. The number of nitrogens with zero attached hydrogens (tertiary/aromatic N) is 2. The lowest BCUT2D eigenvalue weighted by molar-refractivity contribution is 0.101. The molecule has 1 N–H and O–H groups in total. The normalized spacial score (nSPS) is 11.0. The van der Waals surface area contributed by atoms with E-state index in [1.807, 2.05) is 48.7 Å². The van der Waals surface area contributed by atoms with Crippen LogP contribution < -0.4 is 5.32 Å². The maximum atomic E-state index is 11.3. The number of aryl methyl sites for hydroxylation is 1. The minimum Gasteiger partial charge on any atom is -0.360 e. The molecule has 3 aromatic rings. The van der Waals surface area contributed by atoms with E-state index in [1.54, 1.807) is 18.3 Å². The monoisotopic (exact) mass is 359 g/mol. The molecule has 26 heavy (non-hydrogen) atoms. The Balaban J connectivity index is 1.78. The van der Waals surface area contributed by atoms with Crippen LogP contribution in [0.4, 0.5) is 5.69 Å². The maximum absolute atomic E-state index is 11.3. The summed E-state index contributed by atoms with van der Waals surface area (Å²) >= 11 is 1.44. The van der Waals surface area contributed by atoms with Gasteiger partial charge in [-0.2, -0.15) is 5.26 Å². The highest BCUT2D eigenvalue weighted by molar-refractivity contribution is 7.11. The van der Waals surface area contributed by atoms with Gasteiger partial charge in [-0.1, -0.05) is 29.8 Å². The molecule has 0 saturated carbocycles. The van der Waals surface area contributed by atoms with Crippen LogP contribution in [0.1, 0.15) is 27.9 Å². The average molecular weight is 359 g/mol. The third-order valence-corrected chi connectivity index (χ3v) is 4.75. The number of hydrogen-bond donors (Lipinski definition) is 1. The molecular formula is C21H17N3OS. The van der Waals surface area contributed by atoms with Gasteiger partial charge in [-0.05, 0) is 38.1 Å². The van der Waals surface area contributed by atoms with E-state index in [0.717, 1.165) is 16.9 Å². The van der Waals surface area contributed by atoms with E-state index in [0.29, 0.717) is 16.1 Å². The van der Waals surface area contributed by atoms with Crippen molar-refractivity contribution in [3.63, 3.8) is 0 Å². The fourth-order valence-electron chi connectivity index (χ4n) is 2.35. The predicted octanol–water partition coefficient (Wildman–Crippen LogP) is 5.30. The molecule has 2 aromatic carbocycles. The third-order valence-electron chi connectivity index (χ3n) is 3.88. The molecule has 0 aliphatic rings. The van der Waals surface area contributed by atoms with Crippen molar-refractivity contribution >= 4 is 28.4 Å². The number of rotatable bonds is 5. The topological polar surface area (TPSA) is 65.8 Å². The summed E-state index contributed by atoms with van der Waals surface area (Å²) in [7, 11) is 0. The van der Waals surface area contributed by atoms with Crippen LogP contribution in [0.15, 0.2) is 60.1 Å². The third kappa shape index (κ3) is 4.05. The molecule has 0 fully saturated rings. The van der Waals surface area contributed by atoms with Crippen LogP contribution in [0.3, 0.4) is 0 Å². The number of nitriles is 1. The second kappa shape index (κ2) is 7.77. The zero-order valence-corrected chi connectivity index (χ0v) is 15.3. The van der Waals surface area contributed by atoms with Crippen molar-refractivity contribution in [2.75, 3.05) is 5.32 Å². The number of thiazole rings is 1. The SMILES string of the molecule is CC(=O)c1ccc(N/C=C(\C#N)c2nc(-c3ccc(C)cc3)cs2)cc1. The highest BCUT2D eigenvalue weighted by Gasteiger charge is 2.09. The van der Waals surface area contributed by atoms with E-state index >= 15 is 0 Å². The van der Waals surface area contributed by atoms with Crippen molar-refractivity contribution in [1.82, 2.24) is 4.98 Å². The minimum absolute atomic E-state index is 0.0243. The van der Waals surface area contributed by atoms with Crippen molar-refractivity contribution in [3.05, 3.63) is 76.2 Å². The minimum atomic E-state index is 0.0243. The summed E-state index contributed by atoms with van der Waals surface area (Å²) in [6.45, 7) is 3.58. The van der Waals surface area contributed by atoms with Crippen LogP contribution in [0.2, 0.25) is 0 Å². The Morgan fingerprint density at radius 2 is 1.85 bits per heavy atom. The number of allylic oxidation sites excluding steroid dienone is 1. The Morgan fingerprint density at radius 3 is 2.46 bits per heavy atom. The molecule has 0 amide bonds. The lowest BCUT2D eigenvalue weighted by Crippen LogP contribution is -1.94. The molecule has 0 aliphatic carbocycles. The van der Waals surface area contributed by atoms with Gasteiger partial charge in [-0.3, -0.25) is 4.79 Å². The molecule has 0 saturated heterocycles. The Hall–Kier alpha value is -3.23. The molecule has 1 aromatic heterocycles. The second-order valence-corrected chi connectivity index (χ2v) is 6.71. The number of hydrogen-bond acceptors (Lipinski definition) is 5. The van der Waals surface area contributed by atoms with Gasteiger partial charge in [0, 0.05) is 28.4 Å². The molecule has 5 heteroatoms. The van der Waals surface area contributed by atoms with Gasteiger partial charge in [-0.25, -0.2) is 4.98 Å². The average Bonchev–Trinajstić information content (AvgIpc) is 3.13. The number of ketones is 1. The Morgan fingerprint density at radius 1 is 1.15 bits per heavy atom. The lowest BCUT2D eigenvalue weighted by atomic mass is 10.1. The maximum Gasteiger partial charge on any atom is 0.159 e. The van der Waals surface area contributed by atoms with Crippen molar-refractivity contribution in [1.29, 1.82) is 5.26 Å². The smallest absolute Gasteiger partial charge is 0.159 e. The summed E-state index contributed by atoms with van der Waals surface area (Å²) in [6, 6.07) is 17.4. The lowest BCUT2D eigenvalue weighted by Gasteiger charge is -2.02. The number of anilines is 1. The van der Waals surface area contributed by atoms with Gasteiger partial charge in [-0.15, -0.1) is 11.3 Å². The molecule has 0 aliphatic heterocycles. The highest BCUT2D eigenvalue weighted by Crippen LogP contribution is 2.26. The molecule has 0 unspecified atom stereocenters. The van der Waals surface area contributed by atoms with E-state index < -0.39 is 0 Å². The summed E-state index contributed by atoms with van der Waals surface area (Å²) in [5, 5.41) is 15.2. The van der Waals surface area contributed by atoms with Crippen LogP contribution >= 0.6 is 11.3 Å². The first-order valence-corrected chi connectivity index (χ1v) is 8.95. The van der Waals surface area contributed by atoms with Crippen molar-refractivity contribution in [2.24, 2.45) is 0 Å². The van der Waals surface area contributed by atoms with Gasteiger partial charge >= 0.3 is 0 Å². The summed E-state index contributed by atoms with van der Waals surface area (Å²) in [4.78, 5) is 15.9. The van der Waals surface area contributed by atoms with E-state index in [-0.39, 0.29) is 5.78 Å². The van der Waals surface area contributed by atoms with E-state index in [9.17, 15) is 10.1 Å². The quantitative estimate of drug-likeness (QED) is 0.496. The Labute approximate surface area is 156 Å². The number of benzene rings is 2. The summed E-state index contributed by atoms with van der Waals surface area (Å²) < 4.78 is 0. The van der Waals surface area contributed by atoms with Gasteiger partial charge in [0.15, 0.2) is 5.78 Å². The number of nitrogens with one attached hydrogen (secondary N) is 1. The summed E-state index contributed by atoms with van der Waals surface area (Å²) in [5.74, 6) is 0.0243. The van der Waals surface area contributed by atoms with Gasteiger partial charge in [0.25, 0.3) is 0 Å². The van der Waals surface area contributed by atoms with Gasteiger partial charge in [0.05, 0.1) is 5.69 Å². The standard InChI is InChI=1S/C21H17N3OS/c1-14-3-5-17(6-4-14)20-13-26-21(24-20)18(11-22)12-23-19-9-7-16(8-10-19)15(2)25/h3-10,12-13,23H,1-2H3/b18-12+. The van der Waals surface area contributed by atoms with Crippen LogP contribution in [0.5, 0.6) is 0 Å². The number of carbonyl (C=O) groups excluding carboxylic acids is 1. The van der Waals surface area contributed by atoms with Crippen molar-refractivity contribution in [2.45, 2.75) is 13.8 Å². The summed E-state index contributed by atoms with van der Waals surface area (Å²) in [6.07, 6.45) is 1.64. The van der Waals surface area contributed by atoms with Crippen LogP contribution in [0.25, 0.3) is 16.8 Å². The van der Waals surface area contributed by atoms with E-state index in [2.05, 4.69) is 16.4 Å². The highest BCUT2D eigenvalue weighted by atomic mass is 32.1. The van der Waals surface area contributed by atoms with E-state index in [1.165, 1.54) is 23.8 Å². The first-order valence-electron chi connectivity index (χ1n) is 8.07. The molecule has 1 heterocycles. The summed E-state index contributed by atoms with van der Waals surface area (Å²) in [5.41, 5.74) is 5.01. The van der Waals surface area contributed by atoms with Crippen LogP contribution in [-0.4, -0.2) is 10.8 Å². The molecule has 0 atom stereocenters. The molecule has 128 valence electrons. The predicted molar refractivity (Wildman–Crippen MR) is 106 cm³/mol. The zero-order valence-electron chi connectivity index (χ0n) is 14.5. The molecule has 0 bridgehead atoms. The fraction of sp³-hybridized carbons (Fsp3) is 0.0952. The Kier molecular flexibility index (Phi) is 5.26. The van der Waals surface area contributed by atoms with Gasteiger partial charge in [0.1, 0.15) is 16.6 Å². The Bertz CT molecular complexity index is 993. The first-order chi connectivity index (χ1) is 12.6. The van der Waals surface area contributed by atoms with Crippen molar-refractivity contribution < 1.29 is 4.79 Å². The molecule has 0 spiro atoms. The van der Waals surface area contributed by atoms with Crippen LogP contribution in [-0.2, 0) is 0 Å². The van der Waals surface area contributed by atoms with E-state index in [4.69, 9.17) is 0 Å².